The summed E-state index contributed by atoms with van der Waals surface area (Å²) in [5.74, 6) is -14.7. The van der Waals surface area contributed by atoms with Gasteiger partial charge in [0.25, 0.3) is 0 Å². The minimum Gasteiger partial charge on any atom is -0.204 e. The van der Waals surface area contributed by atoms with E-state index in [0.29, 0.717) is 12.1 Å². The van der Waals surface area contributed by atoms with Crippen molar-refractivity contribution < 1.29 is 35.1 Å². The largest absolute Gasteiger partial charge is 0.204 e. The Morgan fingerprint density at radius 1 is 0.579 bits per heavy atom. The lowest BCUT2D eigenvalue weighted by molar-refractivity contribution is 0.380. The molecular weight excluding hydrogens is 531 g/mol. The van der Waals surface area contributed by atoms with E-state index in [9.17, 15) is 35.1 Å². The molecule has 2 aromatic rings. The van der Waals surface area contributed by atoms with E-state index in [0.717, 1.165) is 17.8 Å². The van der Waals surface area contributed by atoms with E-state index < -0.39 is 57.7 Å². The van der Waals surface area contributed by atoms with Crippen molar-refractivity contribution in [1.29, 1.82) is 0 Å². The predicted molar refractivity (Wildman–Crippen MR) is 141 cm³/mol. The van der Waals surface area contributed by atoms with Gasteiger partial charge in [-0.1, -0.05) is 79.6 Å². The second kappa shape index (κ2) is 17.1. The van der Waals surface area contributed by atoms with Crippen molar-refractivity contribution in [3.63, 3.8) is 0 Å². The predicted octanol–water partition coefficient (Wildman–Crippen LogP) is 10.8. The molecule has 0 amide bonds. The fraction of sp³-hybridized carbons (Fsp3) is 0.586. The van der Waals surface area contributed by atoms with Gasteiger partial charge in [-0.05, 0) is 42.2 Å². The maximum Gasteiger partial charge on any atom is 0.200 e. The Morgan fingerprint density at radius 3 is 1.58 bits per heavy atom. The van der Waals surface area contributed by atoms with Crippen LogP contribution in [0.15, 0.2) is 12.1 Å². The van der Waals surface area contributed by atoms with Gasteiger partial charge in [0.2, 0.25) is 5.82 Å². The molecule has 38 heavy (non-hydrogen) atoms. The first-order valence-electron chi connectivity index (χ1n) is 13.3. The van der Waals surface area contributed by atoms with Crippen LogP contribution in [0.5, 0.6) is 0 Å². The summed E-state index contributed by atoms with van der Waals surface area (Å²) < 4.78 is 105. The van der Waals surface area contributed by atoms with Gasteiger partial charge >= 0.3 is 0 Å². The second-order valence-corrected chi connectivity index (χ2v) is 11.3. The third-order valence-corrected chi connectivity index (χ3v) is 8.59. The van der Waals surface area contributed by atoms with Crippen LogP contribution < -0.4 is 0 Å². The zero-order valence-corrected chi connectivity index (χ0v) is 23.8. The van der Waals surface area contributed by atoms with E-state index in [1.165, 1.54) is 65.9 Å². The quantitative estimate of drug-likeness (QED) is 0.0973. The Labute approximate surface area is 223 Å². The third-order valence-electron chi connectivity index (χ3n) is 6.62. The molecule has 0 aliphatic carbocycles. The fourth-order valence-corrected chi connectivity index (χ4v) is 5.87. The molecule has 9 heteroatoms. The summed E-state index contributed by atoms with van der Waals surface area (Å²) in [4.78, 5) is 0. The molecule has 0 aromatic heterocycles. The monoisotopic (exact) mass is 570 g/mol. The van der Waals surface area contributed by atoms with Gasteiger partial charge in [-0.3, -0.25) is 0 Å². The van der Waals surface area contributed by atoms with Crippen LogP contribution >= 0.6 is 8.58 Å². The van der Waals surface area contributed by atoms with Crippen LogP contribution in [0, 0.1) is 64.3 Å². The maximum absolute atomic E-state index is 13.4. The highest BCUT2D eigenvalue weighted by molar-refractivity contribution is 7.37. The van der Waals surface area contributed by atoms with Crippen molar-refractivity contribution in [3.8, 4) is 11.1 Å². The molecule has 0 nitrogen and oxygen atoms in total. The smallest absolute Gasteiger partial charge is 0.200 e. The summed E-state index contributed by atoms with van der Waals surface area (Å²) in [6.45, 7) is 11.9. The number of hydrogen-bond acceptors (Lipinski definition) is 0. The first kappa shape index (κ1) is 34.3. The van der Waals surface area contributed by atoms with Gasteiger partial charge in [0.1, 0.15) is 0 Å². The van der Waals surface area contributed by atoms with Crippen molar-refractivity contribution in [1.82, 2.24) is 0 Å². The fourth-order valence-electron chi connectivity index (χ4n) is 4.31. The Morgan fingerprint density at radius 2 is 1.08 bits per heavy atom. The topological polar surface area (TPSA) is 0 Å². The maximum atomic E-state index is 13.4. The van der Waals surface area contributed by atoms with Crippen molar-refractivity contribution in [2.24, 2.45) is 17.8 Å². The molecule has 0 fully saturated rings. The second-order valence-electron chi connectivity index (χ2n) is 9.97. The molecule has 4 unspecified atom stereocenters. The number of benzene rings is 2. The molecule has 2 rings (SSSR count). The van der Waals surface area contributed by atoms with Crippen molar-refractivity contribution in [3.05, 3.63) is 58.7 Å². The average Bonchev–Trinajstić information content (AvgIpc) is 2.89. The van der Waals surface area contributed by atoms with Gasteiger partial charge in [-0.25, -0.2) is 35.1 Å². The summed E-state index contributed by atoms with van der Waals surface area (Å²) >= 11 is 0. The molecule has 0 bridgehead atoms. The van der Waals surface area contributed by atoms with Gasteiger partial charge in [0.15, 0.2) is 40.7 Å². The standard InChI is InChI=1S/C17H37P.C12H2F8/c1-6-9-15(4)13-18-14-16(5)11-12-17(8-3)10-7-2;13-4-2-1-3(6(14)7(4)15)5-8(16)10(18)12(20)11(19)9(5)17/h15-18H,6-14H2,1-5H3;1-2H. The van der Waals surface area contributed by atoms with Gasteiger partial charge in [-0.15, -0.1) is 8.58 Å². The Kier molecular flexibility index (Phi) is 15.4. The summed E-state index contributed by atoms with van der Waals surface area (Å²) in [5, 5.41) is 0. The van der Waals surface area contributed by atoms with E-state index >= 15 is 0 Å². The van der Waals surface area contributed by atoms with Gasteiger partial charge < -0.3 is 0 Å². The summed E-state index contributed by atoms with van der Waals surface area (Å²) in [5.41, 5.74) is -2.95. The molecule has 0 N–H and O–H groups in total. The normalized spacial score (nSPS) is 13.9. The van der Waals surface area contributed by atoms with Crippen LogP contribution in [0.4, 0.5) is 35.1 Å². The molecular formula is C29H39F8P. The van der Waals surface area contributed by atoms with Crippen molar-refractivity contribution >= 4 is 8.58 Å². The van der Waals surface area contributed by atoms with Gasteiger partial charge in [0.05, 0.1) is 5.56 Å². The molecule has 0 aliphatic heterocycles. The summed E-state index contributed by atoms with van der Waals surface area (Å²) in [6.07, 6.45) is 12.9. The van der Waals surface area contributed by atoms with Crippen LogP contribution in [0.2, 0.25) is 0 Å². The Balaban J connectivity index is 0.000000383. The van der Waals surface area contributed by atoms with Crippen LogP contribution in [0.25, 0.3) is 11.1 Å². The minimum atomic E-state index is -2.44. The molecule has 216 valence electrons. The highest BCUT2D eigenvalue weighted by Crippen LogP contribution is 2.34. The first-order valence-corrected chi connectivity index (χ1v) is 14.7. The Hall–Kier alpha value is -1.69. The molecule has 0 saturated heterocycles. The molecule has 0 heterocycles. The minimum absolute atomic E-state index is 0.297. The summed E-state index contributed by atoms with van der Waals surface area (Å²) in [7, 11) is 1.21. The highest BCUT2D eigenvalue weighted by Gasteiger charge is 2.29. The number of rotatable bonds is 13. The number of hydrogen-bond donors (Lipinski definition) is 0. The van der Waals surface area contributed by atoms with E-state index in [-0.39, 0.29) is 0 Å². The molecule has 0 aliphatic rings. The van der Waals surface area contributed by atoms with Crippen LogP contribution in [-0.2, 0) is 0 Å². The zero-order valence-electron chi connectivity index (χ0n) is 22.8. The van der Waals surface area contributed by atoms with Crippen LogP contribution in [0.3, 0.4) is 0 Å². The molecule has 4 atom stereocenters. The van der Waals surface area contributed by atoms with Crippen LogP contribution in [0.1, 0.15) is 79.6 Å². The van der Waals surface area contributed by atoms with Crippen LogP contribution in [-0.4, -0.2) is 12.3 Å². The molecule has 0 saturated carbocycles. The Bertz CT molecular complexity index is 982. The SMILES string of the molecule is CCCC(C)CPCC(C)CCC(CC)CCC.Fc1ccc(-c2c(F)c(F)c(F)c(F)c2F)c(F)c1F. The van der Waals surface area contributed by atoms with E-state index in [1.807, 2.05) is 0 Å². The zero-order chi connectivity index (χ0) is 29.0. The molecule has 0 radical (unpaired) electrons. The van der Waals surface area contributed by atoms with Gasteiger partial charge in [-0.2, -0.15) is 0 Å². The number of halogens is 8. The third kappa shape index (κ3) is 9.81. The van der Waals surface area contributed by atoms with E-state index in [2.05, 4.69) is 34.6 Å². The molecule has 0 spiro atoms. The summed E-state index contributed by atoms with van der Waals surface area (Å²) in [6, 6.07) is 0.665. The first-order chi connectivity index (χ1) is 17.9. The van der Waals surface area contributed by atoms with Crippen molar-refractivity contribution in [2.45, 2.75) is 79.6 Å². The lowest BCUT2D eigenvalue weighted by Gasteiger charge is -2.18. The molecule has 2 aromatic carbocycles. The van der Waals surface area contributed by atoms with E-state index in [4.69, 9.17) is 0 Å². The van der Waals surface area contributed by atoms with Gasteiger partial charge in [0, 0.05) is 5.56 Å². The lowest BCUT2D eigenvalue weighted by atomic mass is 9.92. The van der Waals surface area contributed by atoms with E-state index in [1.54, 1.807) is 0 Å². The average molecular weight is 571 g/mol. The lowest BCUT2D eigenvalue weighted by Crippen LogP contribution is -2.06. The highest BCUT2D eigenvalue weighted by atomic mass is 31.1. The van der Waals surface area contributed by atoms with Crippen molar-refractivity contribution in [2.75, 3.05) is 12.3 Å².